The molecule has 1 fully saturated rings. The fourth-order valence-electron chi connectivity index (χ4n) is 3.21. The third-order valence-electron chi connectivity index (χ3n) is 4.60. The molecule has 6 nitrogen and oxygen atoms in total. The van der Waals surface area contributed by atoms with E-state index in [1.165, 1.54) is 0 Å². The molecule has 1 aliphatic rings. The van der Waals surface area contributed by atoms with Crippen LogP contribution in [0.25, 0.3) is 10.9 Å². The van der Waals surface area contributed by atoms with E-state index in [4.69, 9.17) is 4.74 Å². The van der Waals surface area contributed by atoms with Crippen LogP contribution in [0.15, 0.2) is 53.3 Å². The van der Waals surface area contributed by atoms with Crippen molar-refractivity contribution in [1.82, 2.24) is 9.97 Å². The van der Waals surface area contributed by atoms with E-state index in [1.54, 1.807) is 13.2 Å². The first kappa shape index (κ1) is 15.5. The number of methoxy groups -OCH3 is 1. The summed E-state index contributed by atoms with van der Waals surface area (Å²) in [7, 11) is 1.68. The Labute approximate surface area is 145 Å². The number of hydrogen-bond donors (Lipinski definition) is 1. The Kier molecular flexibility index (Phi) is 4.01. The second-order valence-corrected chi connectivity index (χ2v) is 6.08. The lowest BCUT2D eigenvalue weighted by atomic mass is 10.2. The first-order valence-electron chi connectivity index (χ1n) is 8.37. The molecule has 0 radical (unpaired) electrons. The third kappa shape index (κ3) is 3.03. The van der Waals surface area contributed by atoms with Crippen LogP contribution in [0, 0.1) is 0 Å². The van der Waals surface area contributed by atoms with Gasteiger partial charge in [0, 0.05) is 37.9 Å². The fourth-order valence-corrected chi connectivity index (χ4v) is 3.21. The standard InChI is InChI=1S/C19H20N4O2/c1-25-15-6-4-5-14(13-15)22-9-11-23(12-10-22)19-20-17-8-3-2-7-16(17)18(24)21-19/h2-8,13H,9-12H2,1H3,(H,20,21,24). The van der Waals surface area contributed by atoms with Gasteiger partial charge in [0.1, 0.15) is 5.75 Å². The highest BCUT2D eigenvalue weighted by atomic mass is 16.5. The van der Waals surface area contributed by atoms with Crippen LogP contribution in [0.5, 0.6) is 5.75 Å². The summed E-state index contributed by atoms with van der Waals surface area (Å²) < 4.78 is 5.30. The molecule has 0 bridgehead atoms. The van der Waals surface area contributed by atoms with Crippen molar-refractivity contribution in [3.05, 3.63) is 58.9 Å². The van der Waals surface area contributed by atoms with Crippen molar-refractivity contribution in [2.45, 2.75) is 0 Å². The van der Waals surface area contributed by atoms with Gasteiger partial charge in [0.2, 0.25) is 5.95 Å². The van der Waals surface area contributed by atoms with E-state index in [9.17, 15) is 4.79 Å². The highest BCUT2D eigenvalue weighted by Gasteiger charge is 2.20. The maximum absolute atomic E-state index is 12.3. The molecule has 25 heavy (non-hydrogen) atoms. The number of fused-ring (bicyclic) bond motifs is 1. The maximum Gasteiger partial charge on any atom is 0.260 e. The number of aromatic amines is 1. The average Bonchev–Trinajstić information content (AvgIpc) is 2.68. The highest BCUT2D eigenvalue weighted by molar-refractivity contribution is 5.78. The zero-order valence-corrected chi connectivity index (χ0v) is 14.1. The largest absolute Gasteiger partial charge is 0.497 e. The molecule has 1 saturated heterocycles. The van der Waals surface area contributed by atoms with E-state index in [1.807, 2.05) is 36.4 Å². The Morgan fingerprint density at radius 2 is 1.76 bits per heavy atom. The van der Waals surface area contributed by atoms with Gasteiger partial charge in [-0.1, -0.05) is 18.2 Å². The smallest absolute Gasteiger partial charge is 0.260 e. The molecule has 2 aromatic carbocycles. The molecule has 2 heterocycles. The van der Waals surface area contributed by atoms with Gasteiger partial charge in [-0.2, -0.15) is 0 Å². The quantitative estimate of drug-likeness (QED) is 0.795. The summed E-state index contributed by atoms with van der Waals surface area (Å²) in [5, 5.41) is 0.626. The molecule has 1 N–H and O–H groups in total. The van der Waals surface area contributed by atoms with Crippen molar-refractivity contribution < 1.29 is 4.74 Å². The monoisotopic (exact) mass is 336 g/mol. The molecule has 0 unspecified atom stereocenters. The van der Waals surface area contributed by atoms with E-state index < -0.39 is 0 Å². The zero-order chi connectivity index (χ0) is 17.2. The van der Waals surface area contributed by atoms with Crippen LogP contribution in [0.4, 0.5) is 11.6 Å². The summed E-state index contributed by atoms with van der Waals surface area (Å²) in [6, 6.07) is 15.5. The van der Waals surface area contributed by atoms with Gasteiger partial charge in [-0.3, -0.25) is 9.78 Å². The number of ether oxygens (including phenoxy) is 1. The molecule has 3 aromatic rings. The van der Waals surface area contributed by atoms with Crippen molar-refractivity contribution in [2.75, 3.05) is 43.1 Å². The van der Waals surface area contributed by atoms with E-state index in [0.717, 1.165) is 43.1 Å². The van der Waals surface area contributed by atoms with Crippen LogP contribution in [-0.2, 0) is 0 Å². The minimum absolute atomic E-state index is 0.0872. The van der Waals surface area contributed by atoms with Crippen LogP contribution in [0.2, 0.25) is 0 Å². The Bertz CT molecular complexity index is 945. The Hall–Kier alpha value is -3.02. The molecule has 1 aliphatic heterocycles. The minimum Gasteiger partial charge on any atom is -0.497 e. The van der Waals surface area contributed by atoms with Crippen LogP contribution in [0.1, 0.15) is 0 Å². The van der Waals surface area contributed by atoms with E-state index in [2.05, 4.69) is 25.8 Å². The summed E-state index contributed by atoms with van der Waals surface area (Å²) in [6.07, 6.45) is 0. The summed E-state index contributed by atoms with van der Waals surface area (Å²) in [5.41, 5.74) is 1.80. The topological polar surface area (TPSA) is 61.5 Å². The van der Waals surface area contributed by atoms with Gasteiger partial charge >= 0.3 is 0 Å². The minimum atomic E-state index is -0.0872. The van der Waals surface area contributed by atoms with E-state index in [0.29, 0.717) is 11.3 Å². The molecule has 0 atom stereocenters. The lowest BCUT2D eigenvalue weighted by Gasteiger charge is -2.36. The van der Waals surface area contributed by atoms with Gasteiger partial charge in [-0.05, 0) is 24.3 Å². The number of anilines is 2. The number of H-pyrrole nitrogens is 1. The Balaban J connectivity index is 1.53. The van der Waals surface area contributed by atoms with Gasteiger partial charge in [-0.25, -0.2) is 4.98 Å². The van der Waals surface area contributed by atoms with Crippen LogP contribution in [0.3, 0.4) is 0 Å². The van der Waals surface area contributed by atoms with Crippen molar-refractivity contribution in [1.29, 1.82) is 0 Å². The van der Waals surface area contributed by atoms with Gasteiger partial charge in [0.15, 0.2) is 0 Å². The number of para-hydroxylation sites is 1. The van der Waals surface area contributed by atoms with Crippen molar-refractivity contribution in [3.8, 4) is 5.75 Å². The number of aromatic nitrogens is 2. The predicted molar refractivity (Wildman–Crippen MR) is 99.8 cm³/mol. The molecule has 0 amide bonds. The van der Waals surface area contributed by atoms with Crippen LogP contribution in [-0.4, -0.2) is 43.3 Å². The summed E-state index contributed by atoms with van der Waals surface area (Å²) in [4.78, 5) is 24.2. The number of benzene rings is 2. The molecular weight excluding hydrogens is 316 g/mol. The maximum atomic E-state index is 12.3. The Morgan fingerprint density at radius 3 is 2.56 bits per heavy atom. The lowest BCUT2D eigenvalue weighted by Crippen LogP contribution is -2.47. The fraction of sp³-hybridized carbons (Fsp3) is 0.263. The first-order valence-corrected chi connectivity index (χ1v) is 8.37. The molecule has 1 aromatic heterocycles. The third-order valence-corrected chi connectivity index (χ3v) is 4.60. The molecule has 0 saturated carbocycles. The van der Waals surface area contributed by atoms with Gasteiger partial charge in [-0.15, -0.1) is 0 Å². The average molecular weight is 336 g/mol. The van der Waals surface area contributed by atoms with Gasteiger partial charge in [0.25, 0.3) is 5.56 Å². The number of piperazine rings is 1. The number of hydrogen-bond acceptors (Lipinski definition) is 5. The molecule has 0 spiro atoms. The molecule has 6 heteroatoms. The highest BCUT2D eigenvalue weighted by Crippen LogP contribution is 2.23. The van der Waals surface area contributed by atoms with E-state index >= 15 is 0 Å². The summed E-state index contributed by atoms with van der Waals surface area (Å²) in [6.45, 7) is 3.34. The van der Waals surface area contributed by atoms with E-state index in [-0.39, 0.29) is 5.56 Å². The van der Waals surface area contributed by atoms with Crippen molar-refractivity contribution in [3.63, 3.8) is 0 Å². The molecule has 128 valence electrons. The molecular formula is C19H20N4O2. The van der Waals surface area contributed by atoms with Gasteiger partial charge in [0.05, 0.1) is 18.0 Å². The summed E-state index contributed by atoms with van der Waals surface area (Å²) >= 11 is 0. The van der Waals surface area contributed by atoms with Crippen LogP contribution >= 0.6 is 0 Å². The van der Waals surface area contributed by atoms with Gasteiger partial charge < -0.3 is 14.5 Å². The molecule has 0 aliphatic carbocycles. The normalized spacial score (nSPS) is 14.8. The SMILES string of the molecule is COc1cccc(N2CCN(c3nc4ccccc4c(=O)[nH]3)CC2)c1. The number of nitrogens with one attached hydrogen (secondary N) is 1. The van der Waals surface area contributed by atoms with Crippen molar-refractivity contribution >= 4 is 22.5 Å². The summed E-state index contributed by atoms with van der Waals surface area (Å²) in [5.74, 6) is 1.51. The molecule has 4 rings (SSSR count). The van der Waals surface area contributed by atoms with Crippen LogP contribution < -0.4 is 20.1 Å². The number of rotatable bonds is 3. The van der Waals surface area contributed by atoms with Crippen molar-refractivity contribution in [2.24, 2.45) is 0 Å². The number of nitrogens with zero attached hydrogens (tertiary/aromatic N) is 3. The Morgan fingerprint density at radius 1 is 1.00 bits per heavy atom. The zero-order valence-electron chi connectivity index (χ0n) is 14.1. The second-order valence-electron chi connectivity index (χ2n) is 6.08. The second kappa shape index (κ2) is 6.47. The predicted octanol–water partition coefficient (Wildman–Crippen LogP) is 2.26. The first-order chi connectivity index (χ1) is 12.2. The lowest BCUT2D eigenvalue weighted by molar-refractivity contribution is 0.414.